The Balaban J connectivity index is 1.87. The molecule has 1 saturated carbocycles. The summed E-state index contributed by atoms with van der Waals surface area (Å²) in [6.45, 7) is 0. The zero-order valence-corrected chi connectivity index (χ0v) is 14.9. The van der Waals surface area contributed by atoms with Gasteiger partial charge in [0.15, 0.2) is 0 Å². The largest absolute Gasteiger partial charge is 0.495 e. The van der Waals surface area contributed by atoms with E-state index in [1.54, 1.807) is 32.3 Å². The Bertz CT molecular complexity index is 786. The van der Waals surface area contributed by atoms with Crippen LogP contribution in [0.4, 0.5) is 5.69 Å². The van der Waals surface area contributed by atoms with E-state index in [1.165, 1.54) is 12.0 Å². The van der Waals surface area contributed by atoms with E-state index in [2.05, 4.69) is 5.32 Å². The lowest BCUT2D eigenvalue weighted by Crippen LogP contribution is -2.36. The van der Waals surface area contributed by atoms with Crippen LogP contribution in [-0.2, 0) is 9.59 Å². The summed E-state index contributed by atoms with van der Waals surface area (Å²) in [5, 5.41) is 12.3. The van der Waals surface area contributed by atoms with Crippen LogP contribution in [0.3, 0.4) is 0 Å². The fourth-order valence-electron chi connectivity index (χ4n) is 3.93. The van der Waals surface area contributed by atoms with Crippen LogP contribution in [-0.4, -0.2) is 49.0 Å². The molecule has 1 aromatic carbocycles. The topological polar surface area (TPSA) is 95.9 Å². The average Bonchev–Trinajstić information content (AvgIpc) is 3.22. The Morgan fingerprint density at radius 1 is 1.15 bits per heavy atom. The smallest absolute Gasteiger partial charge is 0.307 e. The Morgan fingerprint density at radius 2 is 1.81 bits per heavy atom. The summed E-state index contributed by atoms with van der Waals surface area (Å²) >= 11 is 0. The Morgan fingerprint density at radius 3 is 2.38 bits per heavy atom. The average molecular weight is 358 g/mol. The van der Waals surface area contributed by atoms with Crippen LogP contribution in [0.15, 0.2) is 30.4 Å². The summed E-state index contributed by atoms with van der Waals surface area (Å²) in [6, 6.07) is 4.79. The number of carbonyl (C=O) groups excluding carboxylic acids is 2. The van der Waals surface area contributed by atoms with E-state index in [1.807, 2.05) is 12.2 Å². The number of benzene rings is 1. The lowest BCUT2D eigenvalue weighted by molar-refractivity contribution is -0.146. The third kappa shape index (κ3) is 3.05. The monoisotopic (exact) mass is 358 g/mol. The first-order valence-electron chi connectivity index (χ1n) is 8.45. The molecule has 0 saturated heterocycles. The van der Waals surface area contributed by atoms with E-state index >= 15 is 0 Å². The zero-order valence-electron chi connectivity index (χ0n) is 14.9. The Labute approximate surface area is 151 Å². The molecule has 7 heteroatoms. The van der Waals surface area contributed by atoms with Gasteiger partial charge in [0.05, 0.1) is 24.6 Å². The molecular formula is C19H22N2O5. The van der Waals surface area contributed by atoms with Crippen LogP contribution >= 0.6 is 0 Å². The number of ether oxygens (including phenoxy) is 1. The molecule has 26 heavy (non-hydrogen) atoms. The molecule has 2 bridgehead atoms. The summed E-state index contributed by atoms with van der Waals surface area (Å²) in [6.07, 6.45) is 4.51. The van der Waals surface area contributed by atoms with Crippen molar-refractivity contribution in [3.63, 3.8) is 0 Å². The number of amides is 2. The van der Waals surface area contributed by atoms with Crippen LogP contribution < -0.4 is 10.1 Å². The number of carbonyl (C=O) groups is 3. The molecule has 138 valence electrons. The number of methoxy groups -OCH3 is 1. The van der Waals surface area contributed by atoms with Gasteiger partial charge in [0.1, 0.15) is 5.75 Å². The van der Waals surface area contributed by atoms with Crippen LogP contribution in [0.5, 0.6) is 5.75 Å². The predicted octanol–water partition coefficient (Wildman–Crippen LogP) is 1.86. The molecule has 2 aliphatic carbocycles. The molecular weight excluding hydrogens is 336 g/mol. The van der Waals surface area contributed by atoms with Crippen LogP contribution in [0.1, 0.15) is 16.8 Å². The van der Waals surface area contributed by atoms with Crippen LogP contribution in [0.2, 0.25) is 0 Å². The fraction of sp³-hybridized carbons (Fsp3) is 0.421. The minimum Gasteiger partial charge on any atom is -0.495 e. The maximum Gasteiger partial charge on any atom is 0.307 e. The summed E-state index contributed by atoms with van der Waals surface area (Å²) in [5.74, 6) is -2.61. The van der Waals surface area contributed by atoms with E-state index in [0.717, 1.165) is 0 Å². The van der Waals surface area contributed by atoms with Gasteiger partial charge in [-0.25, -0.2) is 0 Å². The number of hydrogen-bond acceptors (Lipinski definition) is 4. The molecule has 0 spiro atoms. The first-order valence-corrected chi connectivity index (χ1v) is 8.45. The molecule has 1 aromatic rings. The second-order valence-corrected chi connectivity index (χ2v) is 6.94. The molecule has 4 atom stereocenters. The normalized spacial score (nSPS) is 25.8. The number of anilines is 1. The first-order chi connectivity index (χ1) is 12.3. The van der Waals surface area contributed by atoms with Crippen molar-refractivity contribution in [3.05, 3.63) is 35.9 Å². The van der Waals surface area contributed by atoms with E-state index in [-0.39, 0.29) is 23.7 Å². The zero-order chi connectivity index (χ0) is 19.0. The van der Waals surface area contributed by atoms with Crippen molar-refractivity contribution < 1.29 is 24.2 Å². The molecule has 0 heterocycles. The third-order valence-corrected chi connectivity index (χ3v) is 5.16. The van der Waals surface area contributed by atoms with Gasteiger partial charge in [-0.3, -0.25) is 14.4 Å². The number of aliphatic carboxylic acids is 1. The van der Waals surface area contributed by atoms with E-state index < -0.39 is 17.8 Å². The molecule has 0 aromatic heterocycles. The number of nitrogens with zero attached hydrogens (tertiary/aromatic N) is 1. The second kappa shape index (κ2) is 6.82. The van der Waals surface area contributed by atoms with Crippen molar-refractivity contribution >= 4 is 23.5 Å². The van der Waals surface area contributed by atoms with Crippen molar-refractivity contribution in [1.29, 1.82) is 0 Å². The van der Waals surface area contributed by atoms with Gasteiger partial charge in [-0.1, -0.05) is 12.2 Å². The maximum atomic E-state index is 12.8. The molecule has 2 aliphatic rings. The van der Waals surface area contributed by atoms with E-state index in [0.29, 0.717) is 23.4 Å². The number of carboxylic acid groups (broad SMARTS) is 1. The highest BCUT2D eigenvalue weighted by atomic mass is 16.5. The molecule has 2 amide bonds. The molecule has 1 fully saturated rings. The molecule has 0 aliphatic heterocycles. The lowest BCUT2D eigenvalue weighted by Gasteiger charge is -2.24. The third-order valence-electron chi connectivity index (χ3n) is 5.16. The summed E-state index contributed by atoms with van der Waals surface area (Å²) in [7, 11) is 4.76. The summed E-state index contributed by atoms with van der Waals surface area (Å²) < 4.78 is 5.27. The lowest BCUT2D eigenvalue weighted by atomic mass is 9.82. The van der Waals surface area contributed by atoms with Crippen molar-refractivity contribution in [2.45, 2.75) is 6.42 Å². The number of fused-ring (bicyclic) bond motifs is 2. The van der Waals surface area contributed by atoms with Crippen molar-refractivity contribution in [2.24, 2.45) is 23.7 Å². The standard InChI is InChI=1S/C19H22N2O5/c1-21(2)18(23)12-6-7-14(26-3)13(9-12)20-17(22)15-10-4-5-11(8-10)16(15)19(24)25/h4-7,9-11,15-16H,8H2,1-3H3,(H,20,22)(H,24,25)/t10-,11-,15+,16+/m0/s1. The quantitative estimate of drug-likeness (QED) is 0.783. The van der Waals surface area contributed by atoms with Gasteiger partial charge in [-0.15, -0.1) is 0 Å². The van der Waals surface area contributed by atoms with Crippen molar-refractivity contribution in [1.82, 2.24) is 4.90 Å². The number of nitrogens with one attached hydrogen (secondary N) is 1. The number of rotatable bonds is 5. The van der Waals surface area contributed by atoms with Gasteiger partial charge in [0, 0.05) is 19.7 Å². The van der Waals surface area contributed by atoms with Crippen LogP contribution in [0.25, 0.3) is 0 Å². The highest BCUT2D eigenvalue weighted by Crippen LogP contribution is 2.48. The van der Waals surface area contributed by atoms with Crippen LogP contribution in [0, 0.1) is 23.7 Å². The fourth-order valence-corrected chi connectivity index (χ4v) is 3.93. The number of carboxylic acids is 1. The molecule has 7 nitrogen and oxygen atoms in total. The summed E-state index contributed by atoms with van der Waals surface area (Å²) in [4.78, 5) is 38.1. The molecule has 3 rings (SSSR count). The van der Waals surface area contributed by atoms with Gasteiger partial charge in [0.2, 0.25) is 5.91 Å². The highest BCUT2D eigenvalue weighted by Gasteiger charge is 2.51. The second-order valence-electron chi connectivity index (χ2n) is 6.94. The SMILES string of the molecule is COc1ccc(C(=O)N(C)C)cc1NC(=O)[C@H]1[C@H](C(=O)O)[C@H]2C=C[C@H]1C2. The molecule has 0 radical (unpaired) electrons. The minimum atomic E-state index is -0.953. The summed E-state index contributed by atoms with van der Waals surface area (Å²) in [5.41, 5.74) is 0.773. The Kier molecular flexibility index (Phi) is 4.71. The highest BCUT2D eigenvalue weighted by molar-refractivity contribution is 6.00. The predicted molar refractivity (Wildman–Crippen MR) is 95.0 cm³/mol. The van der Waals surface area contributed by atoms with E-state index in [9.17, 15) is 19.5 Å². The number of allylic oxidation sites excluding steroid dienone is 2. The molecule has 2 N–H and O–H groups in total. The minimum absolute atomic E-state index is 0.0707. The van der Waals surface area contributed by atoms with Crippen molar-refractivity contribution in [2.75, 3.05) is 26.5 Å². The van der Waals surface area contributed by atoms with Crippen molar-refractivity contribution in [3.8, 4) is 5.75 Å². The molecule has 0 unspecified atom stereocenters. The van der Waals surface area contributed by atoms with Gasteiger partial charge in [-0.05, 0) is 36.5 Å². The maximum absolute atomic E-state index is 12.8. The van der Waals surface area contributed by atoms with Gasteiger partial charge in [-0.2, -0.15) is 0 Å². The Hall–Kier alpha value is -2.83. The van der Waals surface area contributed by atoms with E-state index in [4.69, 9.17) is 4.74 Å². The first kappa shape index (κ1) is 18.0. The van der Waals surface area contributed by atoms with Gasteiger partial charge >= 0.3 is 5.97 Å². The van der Waals surface area contributed by atoms with Gasteiger partial charge < -0.3 is 20.1 Å². The number of hydrogen-bond donors (Lipinski definition) is 2. The van der Waals surface area contributed by atoms with Gasteiger partial charge in [0.25, 0.3) is 5.91 Å².